The third-order valence-corrected chi connectivity index (χ3v) is 0.555. The number of nitrogens with one attached hydrogen (secondary N) is 1. The van der Waals surface area contributed by atoms with Gasteiger partial charge in [-0.1, -0.05) is 0 Å². The summed E-state index contributed by atoms with van der Waals surface area (Å²) in [5.41, 5.74) is 2.05. The fourth-order valence-corrected chi connectivity index (χ4v) is 0.266. The van der Waals surface area contributed by atoms with Crippen LogP contribution in [0.4, 0.5) is 0 Å². The second kappa shape index (κ2) is 4.55. The van der Waals surface area contributed by atoms with Gasteiger partial charge in [0, 0.05) is 0 Å². The van der Waals surface area contributed by atoms with Crippen LogP contribution in [-0.2, 0) is 9.63 Å². The fraction of sp³-hybridized carbons (Fsp3) is 0.750. The summed E-state index contributed by atoms with van der Waals surface area (Å²) in [4.78, 5) is 14.5. The van der Waals surface area contributed by atoms with Gasteiger partial charge in [0.25, 0.3) is 0 Å². The SMILES string of the molecule is CONC(=O)CCO. The summed E-state index contributed by atoms with van der Waals surface area (Å²) < 4.78 is 0. The van der Waals surface area contributed by atoms with Crippen molar-refractivity contribution in [2.75, 3.05) is 13.7 Å². The first kappa shape index (κ1) is 7.39. The molecule has 0 saturated heterocycles. The molecule has 48 valence electrons. The molecule has 0 unspecified atom stereocenters. The van der Waals surface area contributed by atoms with E-state index in [2.05, 4.69) is 4.84 Å². The highest BCUT2D eigenvalue weighted by Gasteiger charge is 1.94. The maximum atomic E-state index is 10.2. The van der Waals surface area contributed by atoms with Crippen LogP contribution < -0.4 is 5.48 Å². The van der Waals surface area contributed by atoms with Crippen LogP contribution in [0.1, 0.15) is 6.42 Å². The first-order chi connectivity index (χ1) is 3.81. The quantitative estimate of drug-likeness (QED) is 0.471. The summed E-state index contributed by atoms with van der Waals surface area (Å²) in [6.45, 7) is -0.144. The number of hydrogen-bond acceptors (Lipinski definition) is 3. The number of amides is 1. The third kappa shape index (κ3) is 3.58. The van der Waals surface area contributed by atoms with Crippen molar-refractivity contribution >= 4 is 5.91 Å². The summed E-state index contributed by atoms with van der Waals surface area (Å²) in [5, 5.41) is 8.15. The lowest BCUT2D eigenvalue weighted by atomic mass is 10.4. The zero-order valence-electron chi connectivity index (χ0n) is 4.68. The Morgan fingerprint density at radius 2 is 2.50 bits per heavy atom. The molecule has 4 nitrogen and oxygen atoms in total. The minimum Gasteiger partial charge on any atom is -0.396 e. The van der Waals surface area contributed by atoms with Gasteiger partial charge in [-0.15, -0.1) is 0 Å². The van der Waals surface area contributed by atoms with Gasteiger partial charge in [-0.05, 0) is 0 Å². The molecule has 0 aromatic carbocycles. The molecule has 2 N–H and O–H groups in total. The Hall–Kier alpha value is -0.610. The van der Waals surface area contributed by atoms with Gasteiger partial charge in [0.15, 0.2) is 0 Å². The predicted octanol–water partition coefficient (Wildman–Crippen LogP) is -0.954. The van der Waals surface area contributed by atoms with E-state index >= 15 is 0 Å². The molecule has 0 aromatic heterocycles. The van der Waals surface area contributed by atoms with Gasteiger partial charge in [-0.3, -0.25) is 9.63 Å². The summed E-state index contributed by atoms with van der Waals surface area (Å²) >= 11 is 0. The lowest BCUT2D eigenvalue weighted by Crippen LogP contribution is -2.22. The molecular weight excluding hydrogens is 110 g/mol. The van der Waals surface area contributed by atoms with Gasteiger partial charge >= 0.3 is 0 Å². The van der Waals surface area contributed by atoms with Crippen LogP contribution in [0.15, 0.2) is 0 Å². The van der Waals surface area contributed by atoms with Crippen LogP contribution in [0.3, 0.4) is 0 Å². The van der Waals surface area contributed by atoms with E-state index in [1.54, 1.807) is 0 Å². The van der Waals surface area contributed by atoms with Gasteiger partial charge in [0.05, 0.1) is 20.1 Å². The minimum atomic E-state index is -0.310. The second-order valence-electron chi connectivity index (χ2n) is 1.20. The maximum Gasteiger partial charge on any atom is 0.245 e. The number of rotatable bonds is 3. The largest absolute Gasteiger partial charge is 0.396 e. The highest BCUT2D eigenvalue weighted by atomic mass is 16.6. The Kier molecular flexibility index (Phi) is 4.20. The molecule has 0 heterocycles. The molecule has 0 radical (unpaired) electrons. The summed E-state index contributed by atoms with van der Waals surface area (Å²) in [7, 11) is 1.34. The van der Waals surface area contributed by atoms with Crippen molar-refractivity contribution in [3.63, 3.8) is 0 Å². The topological polar surface area (TPSA) is 58.6 Å². The monoisotopic (exact) mass is 119 g/mol. The molecular formula is C4H9NO3. The van der Waals surface area contributed by atoms with Crippen LogP contribution >= 0.6 is 0 Å². The second-order valence-corrected chi connectivity index (χ2v) is 1.20. The van der Waals surface area contributed by atoms with E-state index < -0.39 is 0 Å². The highest BCUT2D eigenvalue weighted by molar-refractivity contribution is 5.74. The molecule has 0 rings (SSSR count). The van der Waals surface area contributed by atoms with Crippen molar-refractivity contribution in [3.05, 3.63) is 0 Å². The molecule has 0 aromatic rings. The van der Waals surface area contributed by atoms with E-state index in [1.807, 2.05) is 5.48 Å². The van der Waals surface area contributed by atoms with Gasteiger partial charge in [-0.25, -0.2) is 5.48 Å². The molecule has 0 aliphatic carbocycles. The zero-order valence-corrected chi connectivity index (χ0v) is 4.68. The maximum absolute atomic E-state index is 10.2. The number of aliphatic hydroxyl groups excluding tert-OH is 1. The Balaban J connectivity index is 3.06. The zero-order chi connectivity index (χ0) is 6.41. The Labute approximate surface area is 47.4 Å². The van der Waals surface area contributed by atoms with Crippen molar-refractivity contribution in [1.29, 1.82) is 0 Å². The van der Waals surface area contributed by atoms with E-state index in [-0.39, 0.29) is 18.9 Å². The standard InChI is InChI=1S/C4H9NO3/c1-8-5-4(7)2-3-6/h6H,2-3H2,1H3,(H,5,7). The van der Waals surface area contributed by atoms with Crippen LogP contribution in [0.25, 0.3) is 0 Å². The number of hydrogen-bond donors (Lipinski definition) is 2. The van der Waals surface area contributed by atoms with Gasteiger partial charge in [-0.2, -0.15) is 0 Å². The van der Waals surface area contributed by atoms with Crippen molar-refractivity contribution in [1.82, 2.24) is 5.48 Å². The molecule has 0 aliphatic heterocycles. The van der Waals surface area contributed by atoms with Crippen molar-refractivity contribution in [3.8, 4) is 0 Å². The number of carbonyl (C=O) groups is 1. The Morgan fingerprint density at radius 3 is 2.88 bits per heavy atom. The molecule has 0 saturated carbocycles. The Bertz CT molecular complexity index is 65.7. The molecule has 0 spiro atoms. The van der Waals surface area contributed by atoms with Gasteiger partial charge in [0.1, 0.15) is 0 Å². The van der Waals surface area contributed by atoms with Gasteiger partial charge in [0.2, 0.25) is 5.91 Å². The van der Waals surface area contributed by atoms with Crippen LogP contribution in [-0.4, -0.2) is 24.7 Å². The molecule has 0 aliphatic rings. The molecule has 0 bridgehead atoms. The number of carbonyl (C=O) groups excluding carboxylic acids is 1. The first-order valence-corrected chi connectivity index (χ1v) is 2.24. The molecule has 8 heavy (non-hydrogen) atoms. The van der Waals surface area contributed by atoms with Crippen LogP contribution in [0.2, 0.25) is 0 Å². The smallest absolute Gasteiger partial charge is 0.245 e. The molecule has 1 amide bonds. The molecule has 0 fully saturated rings. The molecule has 0 atom stereocenters. The molecule has 4 heteroatoms. The van der Waals surface area contributed by atoms with Crippen molar-refractivity contribution in [2.24, 2.45) is 0 Å². The van der Waals surface area contributed by atoms with E-state index in [0.717, 1.165) is 0 Å². The van der Waals surface area contributed by atoms with E-state index in [0.29, 0.717) is 0 Å². The normalized spacial score (nSPS) is 8.75. The predicted molar refractivity (Wildman–Crippen MR) is 26.9 cm³/mol. The summed E-state index contributed by atoms with van der Waals surface area (Å²) in [6, 6.07) is 0. The lowest BCUT2D eigenvalue weighted by Gasteiger charge is -1.96. The number of hydroxylamine groups is 1. The average molecular weight is 119 g/mol. The van der Waals surface area contributed by atoms with E-state index in [4.69, 9.17) is 5.11 Å². The third-order valence-electron chi connectivity index (χ3n) is 0.555. The summed E-state index contributed by atoms with van der Waals surface area (Å²) in [6.07, 6.45) is 0.0911. The average Bonchev–Trinajstić information content (AvgIpc) is 1.68. The first-order valence-electron chi connectivity index (χ1n) is 2.24. The van der Waals surface area contributed by atoms with E-state index in [9.17, 15) is 4.79 Å². The summed E-state index contributed by atoms with van der Waals surface area (Å²) in [5.74, 6) is -0.310. The van der Waals surface area contributed by atoms with Crippen LogP contribution in [0, 0.1) is 0 Å². The number of aliphatic hydroxyl groups is 1. The van der Waals surface area contributed by atoms with Crippen LogP contribution in [0.5, 0.6) is 0 Å². The van der Waals surface area contributed by atoms with Crippen molar-refractivity contribution in [2.45, 2.75) is 6.42 Å². The van der Waals surface area contributed by atoms with Gasteiger partial charge < -0.3 is 5.11 Å². The fourth-order valence-electron chi connectivity index (χ4n) is 0.266. The lowest BCUT2D eigenvalue weighted by molar-refractivity contribution is -0.131. The minimum absolute atomic E-state index is 0.0911. The van der Waals surface area contributed by atoms with Crippen molar-refractivity contribution < 1.29 is 14.7 Å². The van der Waals surface area contributed by atoms with E-state index in [1.165, 1.54) is 7.11 Å². The Morgan fingerprint density at radius 1 is 1.88 bits per heavy atom. The highest BCUT2D eigenvalue weighted by Crippen LogP contribution is 1.73.